The summed E-state index contributed by atoms with van der Waals surface area (Å²) in [7, 11) is 0. The van der Waals surface area contributed by atoms with Gasteiger partial charge in [-0.1, -0.05) is 29.3 Å². The molecule has 2 aromatic rings. The van der Waals surface area contributed by atoms with Crippen molar-refractivity contribution in [2.75, 3.05) is 0 Å². The van der Waals surface area contributed by atoms with Crippen molar-refractivity contribution < 1.29 is 0 Å². The molecule has 0 amide bonds. The highest BCUT2D eigenvalue weighted by molar-refractivity contribution is 9.10. The van der Waals surface area contributed by atoms with Gasteiger partial charge in [-0.25, -0.2) is 4.68 Å². The minimum atomic E-state index is 0.547. The summed E-state index contributed by atoms with van der Waals surface area (Å²) in [6.07, 6.45) is 3.96. The maximum Gasteiger partial charge on any atom is 0.0649 e. The van der Waals surface area contributed by atoms with Crippen LogP contribution < -0.4 is 5.73 Å². The van der Waals surface area contributed by atoms with Crippen molar-refractivity contribution in [1.82, 2.24) is 9.78 Å². The first-order chi connectivity index (χ1) is 8.26. The van der Waals surface area contributed by atoms with Crippen LogP contribution >= 0.6 is 15.9 Å². The maximum absolute atomic E-state index is 5.74. The Hall–Kier alpha value is -1.13. The summed E-state index contributed by atoms with van der Waals surface area (Å²) in [5.41, 5.74) is 9.17. The predicted octanol–water partition coefficient (Wildman–Crippen LogP) is 3.05. The average molecular weight is 294 g/mol. The van der Waals surface area contributed by atoms with E-state index in [1.54, 1.807) is 0 Å². The maximum atomic E-state index is 5.74. The summed E-state index contributed by atoms with van der Waals surface area (Å²) in [5, 5.41) is 4.43. The summed E-state index contributed by atoms with van der Waals surface area (Å²) in [6.45, 7) is 2.71. The van der Waals surface area contributed by atoms with E-state index in [0.29, 0.717) is 6.54 Å². The molecule has 3 nitrogen and oxygen atoms in total. The van der Waals surface area contributed by atoms with Crippen LogP contribution in [0.5, 0.6) is 0 Å². The molecule has 0 spiro atoms. The molecule has 2 N–H and O–H groups in total. The minimum absolute atomic E-state index is 0.547. The lowest BCUT2D eigenvalue weighted by Crippen LogP contribution is -2.05. The highest BCUT2D eigenvalue weighted by Crippen LogP contribution is 2.18. The molecule has 0 saturated heterocycles. The van der Waals surface area contributed by atoms with Gasteiger partial charge in [0.25, 0.3) is 0 Å². The molecule has 0 atom stereocenters. The fraction of sp³-hybridized carbons (Fsp3) is 0.308. The molecule has 0 fully saturated rings. The lowest BCUT2D eigenvalue weighted by molar-refractivity contribution is 0.767. The molecule has 0 aliphatic rings. The van der Waals surface area contributed by atoms with Gasteiger partial charge in [0.2, 0.25) is 0 Å². The van der Waals surface area contributed by atoms with Gasteiger partial charge >= 0.3 is 0 Å². The number of aromatic nitrogens is 2. The van der Waals surface area contributed by atoms with Crippen LogP contribution in [0.2, 0.25) is 0 Å². The Morgan fingerprint density at radius 3 is 2.59 bits per heavy atom. The molecule has 1 aromatic carbocycles. The van der Waals surface area contributed by atoms with E-state index in [4.69, 9.17) is 5.73 Å². The molecule has 0 aliphatic carbocycles. The Kier molecular flexibility index (Phi) is 3.97. The van der Waals surface area contributed by atoms with Crippen molar-refractivity contribution in [2.24, 2.45) is 5.73 Å². The molecule has 0 saturated carbocycles. The molecule has 0 radical (unpaired) electrons. The second-order valence-corrected chi connectivity index (χ2v) is 4.87. The van der Waals surface area contributed by atoms with Gasteiger partial charge in [-0.2, -0.15) is 5.10 Å². The van der Waals surface area contributed by atoms with Crippen LogP contribution in [-0.2, 0) is 13.0 Å². The highest BCUT2D eigenvalue weighted by Gasteiger charge is 2.10. The van der Waals surface area contributed by atoms with Crippen LogP contribution in [0.25, 0.3) is 5.69 Å². The van der Waals surface area contributed by atoms with Gasteiger partial charge in [-0.3, -0.25) is 0 Å². The predicted molar refractivity (Wildman–Crippen MR) is 73.2 cm³/mol. The molecule has 0 aliphatic heterocycles. The summed E-state index contributed by atoms with van der Waals surface area (Å²) >= 11 is 3.44. The zero-order valence-corrected chi connectivity index (χ0v) is 11.4. The number of rotatable bonds is 4. The summed E-state index contributed by atoms with van der Waals surface area (Å²) in [4.78, 5) is 0. The topological polar surface area (TPSA) is 43.8 Å². The van der Waals surface area contributed by atoms with Gasteiger partial charge in [-0.05, 0) is 30.7 Å². The van der Waals surface area contributed by atoms with E-state index in [1.165, 1.54) is 5.69 Å². The van der Waals surface area contributed by atoms with E-state index < -0.39 is 0 Å². The largest absolute Gasteiger partial charge is 0.326 e. The summed E-state index contributed by atoms with van der Waals surface area (Å²) in [5.74, 6) is 0. The lowest BCUT2D eigenvalue weighted by Gasteiger charge is -2.08. The fourth-order valence-electron chi connectivity index (χ4n) is 1.89. The van der Waals surface area contributed by atoms with Crippen molar-refractivity contribution in [3.8, 4) is 5.69 Å². The van der Waals surface area contributed by atoms with Crippen molar-refractivity contribution in [3.05, 3.63) is 46.2 Å². The Bertz CT molecular complexity index is 488. The van der Waals surface area contributed by atoms with E-state index in [0.717, 1.165) is 28.6 Å². The van der Waals surface area contributed by atoms with Gasteiger partial charge in [-0.15, -0.1) is 0 Å². The smallest absolute Gasteiger partial charge is 0.0649 e. The third kappa shape index (κ3) is 2.58. The second kappa shape index (κ2) is 5.47. The average Bonchev–Trinajstić information content (AvgIpc) is 2.74. The zero-order valence-electron chi connectivity index (χ0n) is 9.86. The normalized spacial score (nSPS) is 10.8. The molecule has 0 bridgehead atoms. The molecular formula is C13H16BrN3. The van der Waals surface area contributed by atoms with Gasteiger partial charge in [0, 0.05) is 22.3 Å². The van der Waals surface area contributed by atoms with Gasteiger partial charge in [0.1, 0.15) is 0 Å². The number of benzene rings is 1. The Morgan fingerprint density at radius 1 is 1.29 bits per heavy atom. The first kappa shape index (κ1) is 12.3. The van der Waals surface area contributed by atoms with E-state index in [-0.39, 0.29) is 0 Å². The van der Waals surface area contributed by atoms with Gasteiger partial charge in [0.05, 0.1) is 11.9 Å². The number of nitrogens with zero attached hydrogens (tertiary/aromatic N) is 2. The van der Waals surface area contributed by atoms with Crippen LogP contribution in [-0.4, -0.2) is 9.78 Å². The molecule has 2 rings (SSSR count). The molecule has 0 unspecified atom stereocenters. The SMILES string of the molecule is CCCc1c(CN)cnn1-c1ccc(Br)cc1. The second-order valence-electron chi connectivity index (χ2n) is 3.96. The number of hydrogen-bond donors (Lipinski definition) is 1. The molecule has 90 valence electrons. The van der Waals surface area contributed by atoms with Crippen LogP contribution in [0.3, 0.4) is 0 Å². The van der Waals surface area contributed by atoms with E-state index in [9.17, 15) is 0 Å². The van der Waals surface area contributed by atoms with Crippen LogP contribution in [0.15, 0.2) is 34.9 Å². The van der Waals surface area contributed by atoms with E-state index >= 15 is 0 Å². The molecule has 1 heterocycles. The lowest BCUT2D eigenvalue weighted by atomic mass is 10.1. The Labute approximate surface area is 110 Å². The highest BCUT2D eigenvalue weighted by atomic mass is 79.9. The van der Waals surface area contributed by atoms with Crippen LogP contribution in [0.1, 0.15) is 24.6 Å². The van der Waals surface area contributed by atoms with Gasteiger partial charge < -0.3 is 5.73 Å². The monoisotopic (exact) mass is 293 g/mol. The third-order valence-electron chi connectivity index (χ3n) is 2.73. The van der Waals surface area contributed by atoms with Crippen molar-refractivity contribution in [1.29, 1.82) is 0 Å². The first-order valence-electron chi connectivity index (χ1n) is 5.78. The Balaban J connectivity index is 2.43. The number of nitrogens with two attached hydrogens (primary N) is 1. The first-order valence-corrected chi connectivity index (χ1v) is 6.57. The zero-order chi connectivity index (χ0) is 12.3. The molecule has 1 aromatic heterocycles. The van der Waals surface area contributed by atoms with Crippen molar-refractivity contribution >= 4 is 15.9 Å². The third-order valence-corrected chi connectivity index (χ3v) is 3.26. The number of halogens is 1. The number of hydrogen-bond acceptors (Lipinski definition) is 2. The minimum Gasteiger partial charge on any atom is -0.326 e. The molecule has 4 heteroatoms. The van der Waals surface area contributed by atoms with Crippen molar-refractivity contribution in [2.45, 2.75) is 26.3 Å². The van der Waals surface area contributed by atoms with Crippen LogP contribution in [0.4, 0.5) is 0 Å². The van der Waals surface area contributed by atoms with E-state index in [2.05, 4.69) is 40.1 Å². The van der Waals surface area contributed by atoms with Gasteiger partial charge in [0.15, 0.2) is 0 Å². The quantitative estimate of drug-likeness (QED) is 0.942. The summed E-state index contributed by atoms with van der Waals surface area (Å²) in [6, 6.07) is 8.15. The Morgan fingerprint density at radius 2 is 2.00 bits per heavy atom. The van der Waals surface area contributed by atoms with Crippen LogP contribution in [0, 0.1) is 0 Å². The standard InChI is InChI=1S/C13H16BrN3/c1-2-3-13-10(8-15)9-16-17(13)12-6-4-11(14)5-7-12/h4-7,9H,2-3,8,15H2,1H3. The summed E-state index contributed by atoms with van der Waals surface area (Å²) < 4.78 is 3.06. The molecule has 17 heavy (non-hydrogen) atoms. The van der Waals surface area contributed by atoms with E-state index in [1.807, 2.05) is 23.0 Å². The van der Waals surface area contributed by atoms with Crippen molar-refractivity contribution in [3.63, 3.8) is 0 Å². The fourth-order valence-corrected chi connectivity index (χ4v) is 2.15. The molecular weight excluding hydrogens is 278 g/mol.